The molecule has 0 rings (SSSR count). The van der Waals surface area contributed by atoms with Crippen molar-refractivity contribution in [1.82, 2.24) is 5.06 Å². The van der Waals surface area contributed by atoms with Crippen molar-refractivity contribution in [3.63, 3.8) is 0 Å². The van der Waals surface area contributed by atoms with Crippen molar-refractivity contribution in [3.8, 4) is 0 Å². The van der Waals surface area contributed by atoms with Gasteiger partial charge in [0.05, 0.1) is 6.54 Å². The molecule has 0 aromatic carbocycles. The second kappa shape index (κ2) is 4.42. The molecule has 0 atom stereocenters. The molecular formula is C4H11N2O5P. The molecule has 72 valence electrons. The van der Waals surface area contributed by atoms with Gasteiger partial charge in [-0.15, -0.1) is 0 Å². The van der Waals surface area contributed by atoms with Gasteiger partial charge in [0, 0.05) is 0 Å². The molecule has 0 radical (unpaired) electrons. The molecule has 0 aliphatic carbocycles. The predicted octanol–water partition coefficient (Wildman–Crippen LogP) is -0.199. The van der Waals surface area contributed by atoms with Gasteiger partial charge in [-0.1, -0.05) is 6.92 Å². The van der Waals surface area contributed by atoms with E-state index in [-0.39, 0.29) is 6.54 Å². The number of phosphoric acid groups is 1. The minimum Gasteiger partial charge on any atom is -0.350 e. The average molecular weight is 198 g/mol. The summed E-state index contributed by atoms with van der Waals surface area (Å²) in [4.78, 5) is 27.1. The molecule has 4 N–H and O–H groups in total. The summed E-state index contributed by atoms with van der Waals surface area (Å²) in [6.45, 7) is 1.75. The second-order valence-corrected chi connectivity index (χ2v) is 3.16. The fourth-order valence-electron chi connectivity index (χ4n) is 0.523. The van der Waals surface area contributed by atoms with Crippen LogP contribution < -0.4 is 5.73 Å². The summed E-state index contributed by atoms with van der Waals surface area (Å²) in [7, 11) is -4.68. The van der Waals surface area contributed by atoms with Gasteiger partial charge in [0.1, 0.15) is 0 Å². The maximum atomic E-state index is 10.4. The molecule has 12 heavy (non-hydrogen) atoms. The number of urea groups is 1. The molecule has 8 heteroatoms. The van der Waals surface area contributed by atoms with Crippen LogP contribution in [0.5, 0.6) is 0 Å². The number of nitrogens with zero attached hydrogens (tertiary/aromatic N) is 1. The molecule has 0 saturated carbocycles. The van der Waals surface area contributed by atoms with E-state index in [1.807, 2.05) is 0 Å². The number of hydrogen-bond donors (Lipinski definition) is 3. The van der Waals surface area contributed by atoms with Crippen LogP contribution in [0.15, 0.2) is 0 Å². The van der Waals surface area contributed by atoms with E-state index in [9.17, 15) is 9.36 Å². The van der Waals surface area contributed by atoms with Crippen molar-refractivity contribution in [1.29, 1.82) is 0 Å². The molecule has 0 aliphatic rings. The summed E-state index contributed by atoms with van der Waals surface area (Å²) >= 11 is 0. The van der Waals surface area contributed by atoms with E-state index in [2.05, 4.69) is 4.62 Å². The van der Waals surface area contributed by atoms with Gasteiger partial charge in [-0.05, 0) is 6.42 Å². The lowest BCUT2D eigenvalue weighted by molar-refractivity contribution is -0.0352. The van der Waals surface area contributed by atoms with Crippen molar-refractivity contribution in [3.05, 3.63) is 0 Å². The lowest BCUT2D eigenvalue weighted by atomic mass is 10.5. The number of carbonyl (C=O) groups excluding carboxylic acids is 1. The Morgan fingerprint density at radius 2 is 2.17 bits per heavy atom. The third kappa shape index (κ3) is 5.09. The van der Waals surface area contributed by atoms with Gasteiger partial charge in [0.25, 0.3) is 0 Å². The fourth-order valence-corrected chi connectivity index (χ4v) is 0.942. The highest BCUT2D eigenvalue weighted by molar-refractivity contribution is 7.46. The topological polar surface area (TPSA) is 113 Å². The Bertz CT molecular complexity index is 202. The van der Waals surface area contributed by atoms with Gasteiger partial charge >= 0.3 is 13.9 Å². The Hall–Kier alpha value is -0.620. The maximum absolute atomic E-state index is 10.4. The minimum atomic E-state index is -4.68. The zero-order chi connectivity index (χ0) is 9.78. The molecule has 0 fully saturated rings. The van der Waals surface area contributed by atoms with Crippen LogP contribution in [-0.4, -0.2) is 27.4 Å². The molecule has 0 saturated heterocycles. The van der Waals surface area contributed by atoms with Crippen molar-refractivity contribution < 1.29 is 23.8 Å². The summed E-state index contributed by atoms with van der Waals surface area (Å²) in [5.41, 5.74) is 4.75. The number of carbonyl (C=O) groups is 1. The third-order valence-corrected chi connectivity index (χ3v) is 1.29. The largest absolute Gasteiger partial charge is 0.491 e. The first kappa shape index (κ1) is 11.4. The number of amides is 2. The summed E-state index contributed by atoms with van der Waals surface area (Å²) in [5, 5.41) is 0.431. The number of hydrogen-bond acceptors (Lipinski definition) is 3. The lowest BCUT2D eigenvalue weighted by Gasteiger charge is -2.18. The van der Waals surface area contributed by atoms with Crippen LogP contribution in [0.4, 0.5) is 4.79 Å². The van der Waals surface area contributed by atoms with E-state index in [1.54, 1.807) is 6.92 Å². The Labute approximate surface area is 69.3 Å². The van der Waals surface area contributed by atoms with E-state index in [4.69, 9.17) is 15.5 Å². The fraction of sp³-hybridized carbons (Fsp3) is 0.750. The average Bonchev–Trinajstić information content (AvgIpc) is 1.83. The summed E-state index contributed by atoms with van der Waals surface area (Å²) in [5.74, 6) is 0. The molecule has 0 bridgehead atoms. The zero-order valence-electron chi connectivity index (χ0n) is 6.51. The first-order valence-corrected chi connectivity index (χ1v) is 4.72. The van der Waals surface area contributed by atoms with Crippen LogP contribution in [-0.2, 0) is 9.19 Å². The SMILES string of the molecule is CCCN(OP(=O)(O)O)C(N)=O. The van der Waals surface area contributed by atoms with Gasteiger partial charge in [0.2, 0.25) is 0 Å². The number of rotatable bonds is 4. The van der Waals surface area contributed by atoms with Gasteiger partial charge in [0.15, 0.2) is 0 Å². The van der Waals surface area contributed by atoms with Crippen LogP contribution in [0.3, 0.4) is 0 Å². The summed E-state index contributed by atoms with van der Waals surface area (Å²) in [6, 6.07) is -1.03. The van der Waals surface area contributed by atoms with Crippen LogP contribution in [0.2, 0.25) is 0 Å². The monoisotopic (exact) mass is 198 g/mol. The highest BCUT2D eigenvalue weighted by Gasteiger charge is 2.22. The quantitative estimate of drug-likeness (QED) is 0.427. The van der Waals surface area contributed by atoms with Gasteiger partial charge in [-0.25, -0.2) is 9.36 Å². The highest BCUT2D eigenvalue weighted by Crippen LogP contribution is 2.36. The lowest BCUT2D eigenvalue weighted by Crippen LogP contribution is -2.35. The first-order chi connectivity index (χ1) is 5.37. The van der Waals surface area contributed by atoms with Gasteiger partial charge in [-0.2, -0.15) is 9.69 Å². The van der Waals surface area contributed by atoms with E-state index in [1.165, 1.54) is 0 Å². The Morgan fingerprint density at radius 3 is 2.42 bits per heavy atom. The Kier molecular flexibility index (Phi) is 4.19. The molecule has 0 heterocycles. The van der Waals surface area contributed by atoms with Crippen LogP contribution >= 0.6 is 7.82 Å². The van der Waals surface area contributed by atoms with Crippen LogP contribution in [0.1, 0.15) is 13.3 Å². The van der Waals surface area contributed by atoms with Crippen molar-refractivity contribution >= 4 is 13.9 Å². The molecule has 2 amide bonds. The minimum absolute atomic E-state index is 0.0421. The number of hydroxylamine groups is 2. The van der Waals surface area contributed by atoms with E-state index in [0.29, 0.717) is 11.5 Å². The van der Waals surface area contributed by atoms with E-state index >= 15 is 0 Å². The standard InChI is InChI=1S/C4H11N2O5P/c1-2-3-6(4(5)7)11-12(8,9)10/h2-3H2,1H3,(H2,5,7)(H2,8,9,10). The Morgan fingerprint density at radius 1 is 1.67 bits per heavy atom. The number of nitrogens with two attached hydrogens (primary N) is 1. The molecule has 0 unspecified atom stereocenters. The molecule has 0 aliphatic heterocycles. The number of primary amides is 1. The van der Waals surface area contributed by atoms with Gasteiger partial charge < -0.3 is 15.5 Å². The third-order valence-electron chi connectivity index (χ3n) is 0.877. The molecule has 0 spiro atoms. The smallest absolute Gasteiger partial charge is 0.350 e. The molecular weight excluding hydrogens is 187 g/mol. The van der Waals surface area contributed by atoms with Crippen LogP contribution in [0.25, 0.3) is 0 Å². The maximum Gasteiger partial charge on any atom is 0.491 e. The predicted molar refractivity (Wildman–Crippen MR) is 39.7 cm³/mol. The zero-order valence-corrected chi connectivity index (χ0v) is 7.40. The van der Waals surface area contributed by atoms with E-state index < -0.39 is 13.9 Å². The van der Waals surface area contributed by atoms with Crippen molar-refractivity contribution in [2.24, 2.45) is 5.73 Å². The van der Waals surface area contributed by atoms with E-state index in [0.717, 1.165) is 0 Å². The second-order valence-electron chi connectivity index (χ2n) is 2.01. The van der Waals surface area contributed by atoms with Gasteiger partial charge in [-0.3, -0.25) is 0 Å². The Balaban J connectivity index is 4.14. The molecule has 7 nitrogen and oxygen atoms in total. The normalized spacial score (nSPS) is 11.2. The van der Waals surface area contributed by atoms with Crippen LogP contribution in [0, 0.1) is 0 Å². The highest BCUT2D eigenvalue weighted by atomic mass is 31.2. The molecule has 0 aromatic rings. The summed E-state index contributed by atoms with van der Waals surface area (Å²) in [6.07, 6.45) is 0.489. The van der Waals surface area contributed by atoms with Crippen molar-refractivity contribution in [2.45, 2.75) is 13.3 Å². The summed E-state index contributed by atoms with van der Waals surface area (Å²) < 4.78 is 14.2. The first-order valence-electron chi connectivity index (χ1n) is 3.19. The van der Waals surface area contributed by atoms with Crippen molar-refractivity contribution in [2.75, 3.05) is 6.54 Å². The molecule has 0 aromatic heterocycles.